The topological polar surface area (TPSA) is 41.6 Å². The molecule has 1 N–H and O–H groups in total. The Labute approximate surface area is 165 Å². The molecule has 0 radical (unpaired) electrons. The van der Waals surface area contributed by atoms with E-state index in [0.717, 1.165) is 50.0 Å². The summed E-state index contributed by atoms with van der Waals surface area (Å²) in [4.78, 5) is 14.7. The molecule has 0 fully saturated rings. The molecule has 0 bridgehead atoms. The Balaban J connectivity index is 1.27. The summed E-state index contributed by atoms with van der Waals surface area (Å²) in [5.74, 6) is 0.456. The van der Waals surface area contributed by atoms with Crippen LogP contribution in [0.2, 0.25) is 0 Å². The van der Waals surface area contributed by atoms with Crippen LogP contribution in [0.1, 0.15) is 40.7 Å². The summed E-state index contributed by atoms with van der Waals surface area (Å²) >= 11 is 0. The van der Waals surface area contributed by atoms with Crippen LogP contribution in [0.25, 0.3) is 5.57 Å². The summed E-state index contributed by atoms with van der Waals surface area (Å²) in [6.07, 6.45) is 4.66. The predicted octanol–water partition coefficient (Wildman–Crippen LogP) is 4.15. The summed E-state index contributed by atoms with van der Waals surface area (Å²) in [6, 6.07) is 12.4. The summed E-state index contributed by atoms with van der Waals surface area (Å²) in [7, 11) is 0. The van der Waals surface area contributed by atoms with Crippen molar-refractivity contribution in [3.63, 3.8) is 0 Å². The minimum absolute atomic E-state index is 0.0557. The number of carbonyl (C=O) groups excluding carboxylic acids is 1. The Kier molecular flexibility index (Phi) is 5.44. The molecule has 146 valence electrons. The van der Waals surface area contributed by atoms with Gasteiger partial charge in [-0.25, -0.2) is 4.39 Å². The minimum Gasteiger partial charge on any atom is -0.470 e. The van der Waals surface area contributed by atoms with Gasteiger partial charge in [0.15, 0.2) is 6.23 Å². The zero-order chi connectivity index (χ0) is 19.5. The number of benzene rings is 2. The van der Waals surface area contributed by atoms with Crippen LogP contribution in [0.15, 0.2) is 48.5 Å². The molecule has 0 spiro atoms. The Morgan fingerprint density at radius 1 is 1.21 bits per heavy atom. The van der Waals surface area contributed by atoms with E-state index in [4.69, 9.17) is 4.74 Å². The number of hydrogen-bond donors (Lipinski definition) is 1. The number of nitrogens with zero attached hydrogens (tertiary/aromatic N) is 1. The molecule has 0 saturated carbocycles. The molecule has 2 aromatic carbocycles. The zero-order valence-corrected chi connectivity index (χ0v) is 16.1. The lowest BCUT2D eigenvalue weighted by molar-refractivity contribution is 0.0726. The minimum atomic E-state index is -0.267. The van der Waals surface area contributed by atoms with Gasteiger partial charge in [-0.3, -0.25) is 9.69 Å². The van der Waals surface area contributed by atoms with Crippen LogP contribution >= 0.6 is 0 Å². The third-order valence-corrected chi connectivity index (χ3v) is 5.46. The number of aryl methyl sites for hydroxylation is 1. The van der Waals surface area contributed by atoms with Crippen molar-refractivity contribution >= 4 is 11.5 Å². The summed E-state index contributed by atoms with van der Waals surface area (Å²) in [6.45, 7) is 4.81. The van der Waals surface area contributed by atoms with Gasteiger partial charge in [-0.05, 0) is 61.2 Å². The molecule has 2 heterocycles. The Hall–Kier alpha value is -2.66. The molecule has 0 saturated heterocycles. The molecule has 4 rings (SSSR count). The van der Waals surface area contributed by atoms with Crippen LogP contribution in [-0.2, 0) is 0 Å². The standard InChI is InChI=1S/C23H25FN2O2/c1-16-4-2-5-20-22(16)28-21(25-23(20)27)6-3-13-26-14-11-18(12-15-26)17-7-9-19(24)10-8-17/h2,4-5,7-11,21H,3,6,12-15H2,1H3,(H,25,27). The highest BCUT2D eigenvalue weighted by atomic mass is 19.1. The molecule has 0 aliphatic carbocycles. The summed E-state index contributed by atoms with van der Waals surface area (Å²) in [5, 5.41) is 2.95. The van der Waals surface area contributed by atoms with Gasteiger partial charge in [0.25, 0.3) is 5.91 Å². The van der Waals surface area contributed by atoms with E-state index in [1.807, 2.05) is 31.2 Å². The van der Waals surface area contributed by atoms with E-state index in [-0.39, 0.29) is 18.0 Å². The van der Waals surface area contributed by atoms with Crippen molar-refractivity contribution in [1.82, 2.24) is 10.2 Å². The van der Waals surface area contributed by atoms with Gasteiger partial charge in [0, 0.05) is 19.5 Å². The molecule has 28 heavy (non-hydrogen) atoms. The lowest BCUT2D eigenvalue weighted by Gasteiger charge is -2.30. The lowest BCUT2D eigenvalue weighted by Crippen LogP contribution is -2.44. The van der Waals surface area contributed by atoms with Crippen LogP contribution in [0.3, 0.4) is 0 Å². The molecule has 2 aliphatic rings. The van der Waals surface area contributed by atoms with Gasteiger partial charge in [0.1, 0.15) is 11.6 Å². The molecule has 0 aromatic heterocycles. The van der Waals surface area contributed by atoms with Gasteiger partial charge >= 0.3 is 0 Å². The highest BCUT2D eigenvalue weighted by molar-refractivity contribution is 5.98. The number of ether oxygens (including phenoxy) is 1. The maximum atomic E-state index is 13.1. The zero-order valence-electron chi connectivity index (χ0n) is 16.1. The van der Waals surface area contributed by atoms with E-state index in [0.29, 0.717) is 11.3 Å². The van der Waals surface area contributed by atoms with Crippen LogP contribution in [-0.4, -0.2) is 36.7 Å². The van der Waals surface area contributed by atoms with Gasteiger partial charge in [-0.1, -0.05) is 30.3 Å². The Bertz CT molecular complexity index is 892. The Morgan fingerprint density at radius 2 is 2.04 bits per heavy atom. The van der Waals surface area contributed by atoms with E-state index in [2.05, 4.69) is 16.3 Å². The molecule has 5 heteroatoms. The van der Waals surface area contributed by atoms with Crippen LogP contribution < -0.4 is 10.1 Å². The highest BCUT2D eigenvalue weighted by Gasteiger charge is 2.26. The molecule has 1 amide bonds. The number of fused-ring (bicyclic) bond motifs is 1. The molecule has 2 aliphatic heterocycles. The average Bonchev–Trinajstić information content (AvgIpc) is 2.70. The molecular formula is C23H25FN2O2. The second kappa shape index (κ2) is 8.15. The van der Waals surface area contributed by atoms with Crippen molar-refractivity contribution in [2.24, 2.45) is 0 Å². The fourth-order valence-corrected chi connectivity index (χ4v) is 3.86. The van der Waals surface area contributed by atoms with Crippen molar-refractivity contribution in [2.45, 2.75) is 32.4 Å². The van der Waals surface area contributed by atoms with Gasteiger partial charge < -0.3 is 10.1 Å². The van der Waals surface area contributed by atoms with E-state index in [1.54, 1.807) is 6.07 Å². The summed E-state index contributed by atoms with van der Waals surface area (Å²) < 4.78 is 19.1. The molecule has 1 unspecified atom stereocenters. The number of hydrogen-bond acceptors (Lipinski definition) is 3. The first-order valence-corrected chi connectivity index (χ1v) is 9.84. The molecular weight excluding hydrogens is 355 g/mol. The van der Waals surface area contributed by atoms with Gasteiger partial charge in [-0.15, -0.1) is 0 Å². The number of amides is 1. The van der Waals surface area contributed by atoms with Crippen molar-refractivity contribution in [1.29, 1.82) is 0 Å². The van der Waals surface area contributed by atoms with E-state index in [9.17, 15) is 9.18 Å². The third-order valence-electron chi connectivity index (χ3n) is 5.46. The SMILES string of the molecule is Cc1cccc2c1OC(CCCN1CC=C(c3ccc(F)cc3)CC1)NC2=O. The first-order valence-electron chi connectivity index (χ1n) is 9.84. The smallest absolute Gasteiger partial charge is 0.257 e. The maximum absolute atomic E-state index is 13.1. The lowest BCUT2D eigenvalue weighted by atomic mass is 9.99. The van der Waals surface area contributed by atoms with Gasteiger partial charge in [-0.2, -0.15) is 0 Å². The van der Waals surface area contributed by atoms with Crippen molar-refractivity contribution in [3.8, 4) is 5.75 Å². The number of nitrogens with one attached hydrogen (secondary N) is 1. The monoisotopic (exact) mass is 380 g/mol. The number of carbonyl (C=O) groups is 1. The molecule has 2 aromatic rings. The fraction of sp³-hybridized carbons (Fsp3) is 0.348. The normalized spacial score (nSPS) is 19.4. The number of rotatable bonds is 5. The van der Waals surface area contributed by atoms with E-state index < -0.39 is 0 Å². The first-order chi connectivity index (χ1) is 13.6. The average molecular weight is 380 g/mol. The second-order valence-electron chi connectivity index (χ2n) is 7.46. The molecule has 4 nitrogen and oxygen atoms in total. The van der Waals surface area contributed by atoms with Crippen molar-refractivity contribution in [2.75, 3.05) is 19.6 Å². The quantitative estimate of drug-likeness (QED) is 0.847. The summed E-state index contributed by atoms with van der Waals surface area (Å²) in [5.41, 5.74) is 4.00. The van der Waals surface area contributed by atoms with E-state index >= 15 is 0 Å². The second-order valence-corrected chi connectivity index (χ2v) is 7.46. The van der Waals surface area contributed by atoms with Crippen LogP contribution in [0.4, 0.5) is 4.39 Å². The van der Waals surface area contributed by atoms with E-state index in [1.165, 1.54) is 17.7 Å². The number of para-hydroxylation sites is 1. The van der Waals surface area contributed by atoms with Gasteiger partial charge in [0.05, 0.1) is 5.56 Å². The fourth-order valence-electron chi connectivity index (χ4n) is 3.86. The third kappa shape index (κ3) is 4.09. The van der Waals surface area contributed by atoms with Crippen molar-refractivity contribution < 1.29 is 13.9 Å². The Morgan fingerprint density at radius 3 is 2.79 bits per heavy atom. The first kappa shape index (κ1) is 18.7. The molecule has 1 atom stereocenters. The van der Waals surface area contributed by atoms with Crippen molar-refractivity contribution in [3.05, 3.63) is 71.0 Å². The van der Waals surface area contributed by atoms with Gasteiger partial charge in [0.2, 0.25) is 0 Å². The van der Waals surface area contributed by atoms with Crippen LogP contribution in [0, 0.1) is 12.7 Å². The maximum Gasteiger partial charge on any atom is 0.257 e. The van der Waals surface area contributed by atoms with Crippen LogP contribution in [0.5, 0.6) is 5.75 Å². The predicted molar refractivity (Wildman–Crippen MR) is 108 cm³/mol. The largest absolute Gasteiger partial charge is 0.470 e. The highest BCUT2D eigenvalue weighted by Crippen LogP contribution is 2.28. The number of halogens is 1.